The number of halogens is 2. The normalized spacial score (nSPS) is 15.0. The summed E-state index contributed by atoms with van der Waals surface area (Å²) >= 11 is 3.37. The number of amides is 1. The summed E-state index contributed by atoms with van der Waals surface area (Å²) in [4.78, 5) is 29.4. The first-order valence-electron chi connectivity index (χ1n) is 8.81. The minimum atomic E-state index is -0.520. The number of carbonyl (C=O) groups excluding carboxylic acids is 1. The Balaban J connectivity index is 0.00000392. The third kappa shape index (κ3) is 6.06. The Kier molecular flexibility index (Phi) is 9.67. The van der Waals surface area contributed by atoms with E-state index in [-0.39, 0.29) is 29.9 Å². The third-order valence-electron chi connectivity index (χ3n) is 4.50. The predicted octanol–water partition coefficient (Wildman–Crippen LogP) is 1.34. The van der Waals surface area contributed by atoms with Gasteiger partial charge in [-0.3, -0.25) is 9.79 Å². The van der Waals surface area contributed by atoms with Crippen LogP contribution in [0.2, 0.25) is 0 Å². The van der Waals surface area contributed by atoms with E-state index in [0.717, 1.165) is 36.6 Å². The van der Waals surface area contributed by atoms with E-state index >= 15 is 0 Å². The number of aromatic nitrogens is 2. The van der Waals surface area contributed by atoms with E-state index in [1.807, 2.05) is 13.8 Å². The van der Waals surface area contributed by atoms with Crippen molar-refractivity contribution in [2.75, 3.05) is 58.8 Å². The molecule has 0 unspecified atom stereocenters. The molecule has 9 nitrogen and oxygen atoms in total. The molecular formula is C17H29BrIN7O2. The number of methoxy groups -OCH3 is 1. The molecule has 1 saturated heterocycles. The van der Waals surface area contributed by atoms with E-state index in [0.29, 0.717) is 18.4 Å². The summed E-state index contributed by atoms with van der Waals surface area (Å²) in [6.07, 6.45) is 1.70. The van der Waals surface area contributed by atoms with Crippen molar-refractivity contribution in [1.29, 1.82) is 0 Å². The van der Waals surface area contributed by atoms with E-state index in [2.05, 4.69) is 51.3 Å². The van der Waals surface area contributed by atoms with Crippen molar-refractivity contribution < 1.29 is 9.53 Å². The molecule has 1 aliphatic heterocycles. The van der Waals surface area contributed by atoms with Crippen LogP contribution in [0.3, 0.4) is 0 Å². The molecule has 0 bridgehead atoms. The lowest BCUT2D eigenvalue weighted by molar-refractivity contribution is -0.128. The highest BCUT2D eigenvalue weighted by Crippen LogP contribution is 2.24. The van der Waals surface area contributed by atoms with Crippen LogP contribution < -0.4 is 20.3 Å². The number of anilines is 1. The molecule has 0 spiro atoms. The Morgan fingerprint density at radius 3 is 2.54 bits per heavy atom. The summed E-state index contributed by atoms with van der Waals surface area (Å²) in [6, 6.07) is 0. The van der Waals surface area contributed by atoms with Crippen LogP contribution in [0, 0.1) is 5.41 Å². The first kappa shape index (κ1) is 24.7. The lowest BCUT2D eigenvalue weighted by atomic mass is 9.92. The highest BCUT2D eigenvalue weighted by atomic mass is 127. The van der Waals surface area contributed by atoms with Crippen LogP contribution in [0.1, 0.15) is 13.8 Å². The molecule has 0 aliphatic carbocycles. The zero-order valence-electron chi connectivity index (χ0n) is 17.0. The maximum Gasteiger partial charge on any atom is 0.232 e. The van der Waals surface area contributed by atoms with Gasteiger partial charge in [0, 0.05) is 46.8 Å². The number of piperazine rings is 1. The van der Waals surface area contributed by atoms with Crippen molar-refractivity contribution in [1.82, 2.24) is 25.5 Å². The van der Waals surface area contributed by atoms with Crippen LogP contribution in [0.15, 0.2) is 15.7 Å². The van der Waals surface area contributed by atoms with Gasteiger partial charge in [0.25, 0.3) is 0 Å². The number of guanidine groups is 1. The Labute approximate surface area is 191 Å². The summed E-state index contributed by atoms with van der Waals surface area (Å²) < 4.78 is 5.98. The predicted molar refractivity (Wildman–Crippen MR) is 125 cm³/mol. The van der Waals surface area contributed by atoms with Crippen molar-refractivity contribution in [3.63, 3.8) is 0 Å². The molecule has 2 rings (SSSR count). The molecule has 1 aliphatic rings. The highest BCUT2D eigenvalue weighted by molar-refractivity contribution is 14.0. The van der Waals surface area contributed by atoms with Crippen molar-refractivity contribution in [3.8, 4) is 5.88 Å². The molecule has 1 amide bonds. The molecule has 1 fully saturated rings. The van der Waals surface area contributed by atoms with Gasteiger partial charge in [-0.2, -0.15) is 4.98 Å². The van der Waals surface area contributed by atoms with Crippen molar-refractivity contribution in [2.24, 2.45) is 10.4 Å². The minimum absolute atomic E-state index is 0. The molecule has 0 aromatic carbocycles. The van der Waals surface area contributed by atoms with Crippen LogP contribution in [-0.4, -0.2) is 80.7 Å². The lowest BCUT2D eigenvalue weighted by Crippen LogP contribution is -2.54. The van der Waals surface area contributed by atoms with Crippen molar-refractivity contribution in [3.05, 3.63) is 10.7 Å². The van der Waals surface area contributed by atoms with Crippen LogP contribution in [0.25, 0.3) is 0 Å². The number of nitrogens with one attached hydrogen (secondary N) is 2. The van der Waals surface area contributed by atoms with Gasteiger partial charge < -0.3 is 25.2 Å². The summed E-state index contributed by atoms with van der Waals surface area (Å²) in [5, 5.41) is 6.01. The van der Waals surface area contributed by atoms with Crippen LogP contribution in [0.4, 0.5) is 5.95 Å². The zero-order valence-corrected chi connectivity index (χ0v) is 20.9. The zero-order chi connectivity index (χ0) is 20.0. The Bertz CT molecular complexity index is 694. The van der Waals surface area contributed by atoms with Crippen LogP contribution >= 0.6 is 39.9 Å². The molecule has 11 heteroatoms. The number of hydrogen-bond acceptors (Lipinski definition) is 6. The van der Waals surface area contributed by atoms with Gasteiger partial charge in [0.15, 0.2) is 5.96 Å². The molecule has 0 radical (unpaired) electrons. The molecule has 0 atom stereocenters. The number of aliphatic imine (C=N–C) groups is 1. The maximum absolute atomic E-state index is 11.9. The number of rotatable bonds is 5. The summed E-state index contributed by atoms with van der Waals surface area (Å²) in [5.41, 5.74) is -0.520. The first-order valence-corrected chi connectivity index (χ1v) is 9.61. The average molecular weight is 570 g/mol. The molecule has 1 aromatic rings. The van der Waals surface area contributed by atoms with Crippen molar-refractivity contribution >= 4 is 57.7 Å². The second-order valence-corrected chi connectivity index (χ2v) is 7.72. The topological polar surface area (TPSA) is 95.0 Å². The van der Waals surface area contributed by atoms with Crippen LogP contribution in [-0.2, 0) is 4.79 Å². The molecular weight excluding hydrogens is 541 g/mol. The van der Waals surface area contributed by atoms with E-state index in [9.17, 15) is 4.79 Å². The Morgan fingerprint density at radius 1 is 1.36 bits per heavy atom. The third-order valence-corrected chi connectivity index (χ3v) is 5.04. The van der Waals surface area contributed by atoms with E-state index in [4.69, 9.17) is 4.74 Å². The largest absolute Gasteiger partial charge is 0.480 e. The van der Waals surface area contributed by atoms with E-state index in [1.165, 1.54) is 0 Å². The fourth-order valence-electron chi connectivity index (χ4n) is 2.81. The van der Waals surface area contributed by atoms with E-state index in [1.54, 1.807) is 27.4 Å². The smallest absolute Gasteiger partial charge is 0.232 e. The molecule has 1 aromatic heterocycles. The van der Waals surface area contributed by atoms with Gasteiger partial charge in [-0.1, -0.05) is 0 Å². The summed E-state index contributed by atoms with van der Waals surface area (Å²) in [6.45, 7) is 7.41. The molecule has 2 heterocycles. The van der Waals surface area contributed by atoms with Crippen molar-refractivity contribution in [2.45, 2.75) is 13.8 Å². The highest BCUT2D eigenvalue weighted by Gasteiger charge is 2.28. The second-order valence-electron chi connectivity index (χ2n) is 6.87. The number of ether oxygens (including phenoxy) is 1. The number of carbonyl (C=O) groups is 1. The van der Waals surface area contributed by atoms with Gasteiger partial charge in [0.2, 0.25) is 17.7 Å². The fourth-order valence-corrected chi connectivity index (χ4v) is 3.16. The van der Waals surface area contributed by atoms with Gasteiger partial charge in [0.1, 0.15) is 0 Å². The SMILES string of the molecule is CN=C(NCC(C)(C)C(=O)NC)N1CCN(c2ncc(Br)c(OC)n2)CC1.I. The number of nitrogens with zero attached hydrogens (tertiary/aromatic N) is 5. The second kappa shape index (κ2) is 11.0. The molecule has 2 N–H and O–H groups in total. The Hall–Kier alpha value is -1.37. The monoisotopic (exact) mass is 569 g/mol. The van der Waals surface area contributed by atoms with Gasteiger partial charge in [-0.25, -0.2) is 4.98 Å². The van der Waals surface area contributed by atoms with Gasteiger partial charge in [0.05, 0.1) is 23.2 Å². The summed E-state index contributed by atoms with van der Waals surface area (Å²) in [7, 11) is 4.99. The fraction of sp³-hybridized carbons (Fsp3) is 0.647. The average Bonchev–Trinajstić information content (AvgIpc) is 2.68. The quantitative estimate of drug-likeness (QED) is 0.314. The maximum atomic E-state index is 11.9. The van der Waals surface area contributed by atoms with Crippen LogP contribution in [0.5, 0.6) is 5.88 Å². The Morgan fingerprint density at radius 2 is 2.00 bits per heavy atom. The van der Waals surface area contributed by atoms with Gasteiger partial charge in [-0.15, -0.1) is 24.0 Å². The van der Waals surface area contributed by atoms with E-state index < -0.39 is 5.41 Å². The van der Waals surface area contributed by atoms with Gasteiger partial charge >= 0.3 is 0 Å². The molecule has 0 saturated carbocycles. The molecule has 158 valence electrons. The lowest BCUT2D eigenvalue weighted by Gasteiger charge is -2.37. The summed E-state index contributed by atoms with van der Waals surface area (Å²) in [5.74, 6) is 1.97. The number of hydrogen-bond donors (Lipinski definition) is 2. The van der Waals surface area contributed by atoms with Gasteiger partial charge in [-0.05, 0) is 29.8 Å². The standard InChI is InChI=1S/C17H28BrN7O2.HI/c1-17(2,14(26)19-3)11-22-15(20-4)24-6-8-25(9-7-24)16-21-10-12(18)13(23-16)27-5;/h10H,6-9,11H2,1-5H3,(H,19,26)(H,20,22);1H. The minimum Gasteiger partial charge on any atom is -0.480 e. The molecule has 28 heavy (non-hydrogen) atoms. The first-order chi connectivity index (χ1) is 12.8.